The third-order valence-corrected chi connectivity index (χ3v) is 9.66. The van der Waals surface area contributed by atoms with Crippen LogP contribution in [0.25, 0.3) is 0 Å². The zero-order valence-electron chi connectivity index (χ0n) is 25.4. The molecule has 42 heavy (non-hydrogen) atoms. The first-order chi connectivity index (χ1) is 20.5. The van der Waals surface area contributed by atoms with Crippen LogP contribution < -0.4 is 15.5 Å². The average Bonchev–Trinajstić information content (AvgIpc) is 3.24. The van der Waals surface area contributed by atoms with Crippen molar-refractivity contribution in [2.24, 2.45) is 5.92 Å². The first-order valence-corrected chi connectivity index (χ1v) is 16.1. The highest BCUT2D eigenvalue weighted by Crippen LogP contribution is 2.25. The first-order valence-electron chi connectivity index (χ1n) is 16.1. The second kappa shape index (κ2) is 15.3. The average molecular weight is 583 g/mol. The maximum absolute atomic E-state index is 12.4. The number of nitrogens with zero attached hydrogens (tertiary/aromatic N) is 4. The zero-order chi connectivity index (χ0) is 29.3. The van der Waals surface area contributed by atoms with E-state index in [0.717, 1.165) is 95.1 Å². The zero-order valence-corrected chi connectivity index (χ0v) is 25.4. The monoisotopic (exact) mass is 582 g/mol. The number of ether oxygens (including phenoxy) is 1. The Morgan fingerprint density at radius 3 is 2.55 bits per heavy atom. The molecule has 10 heteroatoms. The van der Waals surface area contributed by atoms with Crippen molar-refractivity contribution >= 4 is 23.9 Å². The van der Waals surface area contributed by atoms with Crippen LogP contribution in [0.15, 0.2) is 18.2 Å². The topological polar surface area (TPSA) is 97.5 Å². The van der Waals surface area contributed by atoms with Crippen molar-refractivity contribution in [2.75, 3.05) is 77.0 Å². The quantitative estimate of drug-likeness (QED) is 0.301. The van der Waals surface area contributed by atoms with Gasteiger partial charge in [-0.25, -0.2) is 0 Å². The summed E-state index contributed by atoms with van der Waals surface area (Å²) in [6, 6.07) is 5.87. The summed E-state index contributed by atoms with van der Waals surface area (Å²) >= 11 is 0. The van der Waals surface area contributed by atoms with Gasteiger partial charge in [-0.2, -0.15) is 0 Å². The SMILES string of the molecule is Cc1ccc(N2CCCN(CC3CCN(CCOC4CCNCC4)CC3)CC2)cc1CN(C=O)C1CCC(=O)NC1=O. The van der Waals surface area contributed by atoms with Gasteiger partial charge in [-0.3, -0.25) is 19.7 Å². The predicted molar refractivity (Wildman–Crippen MR) is 163 cm³/mol. The number of nitrogens with one attached hydrogen (secondary N) is 2. The van der Waals surface area contributed by atoms with Crippen molar-refractivity contribution in [3.63, 3.8) is 0 Å². The van der Waals surface area contributed by atoms with Gasteiger partial charge in [0.2, 0.25) is 18.2 Å². The minimum absolute atomic E-state index is 0.261. The van der Waals surface area contributed by atoms with E-state index in [4.69, 9.17) is 4.74 Å². The van der Waals surface area contributed by atoms with Crippen LogP contribution in [0.2, 0.25) is 0 Å². The molecule has 0 aliphatic carbocycles. The van der Waals surface area contributed by atoms with E-state index in [0.29, 0.717) is 19.1 Å². The lowest BCUT2D eigenvalue weighted by Crippen LogP contribution is -2.51. The van der Waals surface area contributed by atoms with Gasteiger partial charge in [-0.1, -0.05) is 6.07 Å². The Labute approximate surface area is 251 Å². The van der Waals surface area contributed by atoms with Crippen LogP contribution >= 0.6 is 0 Å². The fourth-order valence-corrected chi connectivity index (χ4v) is 6.92. The number of imide groups is 1. The third kappa shape index (κ3) is 8.52. The van der Waals surface area contributed by atoms with E-state index >= 15 is 0 Å². The van der Waals surface area contributed by atoms with Gasteiger partial charge >= 0.3 is 0 Å². The molecular weight excluding hydrogens is 532 g/mol. The Morgan fingerprint density at radius 1 is 0.976 bits per heavy atom. The molecule has 1 unspecified atom stereocenters. The first kappa shape index (κ1) is 30.9. The van der Waals surface area contributed by atoms with E-state index in [9.17, 15) is 14.4 Å². The number of likely N-dealkylation sites (tertiary alicyclic amines) is 1. The molecule has 0 spiro atoms. The van der Waals surface area contributed by atoms with Gasteiger partial charge in [-0.15, -0.1) is 0 Å². The van der Waals surface area contributed by atoms with Gasteiger partial charge < -0.3 is 29.7 Å². The lowest BCUT2D eigenvalue weighted by Gasteiger charge is -2.35. The smallest absolute Gasteiger partial charge is 0.249 e. The molecule has 4 heterocycles. The molecule has 232 valence electrons. The number of benzene rings is 1. The number of aryl methyl sites for hydroxylation is 1. The van der Waals surface area contributed by atoms with E-state index in [1.165, 1.54) is 43.1 Å². The summed E-state index contributed by atoms with van der Waals surface area (Å²) in [5, 5.41) is 5.77. The van der Waals surface area contributed by atoms with Crippen LogP contribution in [0.4, 0.5) is 5.69 Å². The number of hydrogen-bond donors (Lipinski definition) is 2. The van der Waals surface area contributed by atoms with Gasteiger partial charge in [0.05, 0.1) is 12.7 Å². The number of carbonyl (C=O) groups is 3. The Kier molecular flexibility index (Phi) is 11.2. The van der Waals surface area contributed by atoms with Crippen LogP contribution in [0, 0.1) is 12.8 Å². The fraction of sp³-hybridized carbons (Fsp3) is 0.719. The number of rotatable bonds is 11. The maximum atomic E-state index is 12.4. The van der Waals surface area contributed by atoms with Gasteiger partial charge in [-0.05, 0) is 107 Å². The van der Waals surface area contributed by atoms with Crippen molar-refractivity contribution in [3.8, 4) is 0 Å². The normalized spacial score (nSPS) is 23.9. The summed E-state index contributed by atoms with van der Waals surface area (Å²) < 4.78 is 6.13. The minimum Gasteiger partial charge on any atom is -0.377 e. The lowest BCUT2D eigenvalue weighted by molar-refractivity contribution is -0.141. The third-order valence-electron chi connectivity index (χ3n) is 9.66. The second-order valence-corrected chi connectivity index (χ2v) is 12.6. The lowest BCUT2D eigenvalue weighted by atomic mass is 9.96. The summed E-state index contributed by atoms with van der Waals surface area (Å²) in [4.78, 5) is 45.1. The summed E-state index contributed by atoms with van der Waals surface area (Å²) in [6.45, 7) is 14.2. The second-order valence-electron chi connectivity index (χ2n) is 12.6. The molecule has 0 bridgehead atoms. The van der Waals surface area contributed by atoms with Gasteiger partial charge in [0.15, 0.2) is 0 Å². The minimum atomic E-state index is -0.602. The number of anilines is 1. The molecular formula is C32H50N6O4. The van der Waals surface area contributed by atoms with E-state index in [2.05, 4.69) is 43.5 Å². The highest BCUT2D eigenvalue weighted by molar-refractivity contribution is 6.00. The number of piperidine rings is 3. The molecule has 1 atom stereocenters. The molecule has 4 aliphatic rings. The standard InChI is InChI=1S/C32H50N6O4/c1-25-3-4-28(21-27(25)23-38(24-39)30-5-6-31(40)34-32(30)41)37-14-2-13-36(17-18-37)22-26-9-15-35(16-10-26)19-20-42-29-7-11-33-12-8-29/h3-4,21,24,26,29-30,33H,2,5-20,22-23H2,1H3,(H,34,40,41). The van der Waals surface area contributed by atoms with Crippen LogP contribution in [0.5, 0.6) is 0 Å². The van der Waals surface area contributed by atoms with E-state index < -0.39 is 6.04 Å². The molecule has 3 amide bonds. The highest BCUT2D eigenvalue weighted by atomic mass is 16.5. The molecule has 0 aromatic heterocycles. The Balaban J connectivity index is 1.07. The molecule has 1 aromatic carbocycles. The number of amides is 3. The van der Waals surface area contributed by atoms with E-state index in [1.54, 1.807) is 0 Å². The Bertz CT molecular complexity index is 1060. The van der Waals surface area contributed by atoms with Gasteiger partial charge in [0.1, 0.15) is 6.04 Å². The summed E-state index contributed by atoms with van der Waals surface area (Å²) in [6.07, 6.45) is 7.78. The Hall–Kier alpha value is -2.53. The summed E-state index contributed by atoms with van der Waals surface area (Å²) in [7, 11) is 0. The molecule has 2 N–H and O–H groups in total. The van der Waals surface area contributed by atoms with Crippen molar-refractivity contribution in [1.29, 1.82) is 0 Å². The maximum Gasteiger partial charge on any atom is 0.249 e. The van der Waals surface area contributed by atoms with Crippen molar-refractivity contribution < 1.29 is 19.1 Å². The highest BCUT2D eigenvalue weighted by Gasteiger charge is 2.31. The van der Waals surface area contributed by atoms with Crippen LogP contribution in [0.3, 0.4) is 0 Å². The molecule has 5 rings (SSSR count). The van der Waals surface area contributed by atoms with Crippen LogP contribution in [-0.4, -0.2) is 117 Å². The molecule has 4 saturated heterocycles. The van der Waals surface area contributed by atoms with Crippen LogP contribution in [-0.2, 0) is 25.7 Å². The van der Waals surface area contributed by atoms with Crippen LogP contribution in [0.1, 0.15) is 56.1 Å². The fourth-order valence-electron chi connectivity index (χ4n) is 6.92. The molecule has 0 radical (unpaired) electrons. The van der Waals surface area contributed by atoms with E-state index in [1.807, 2.05) is 6.92 Å². The molecule has 0 saturated carbocycles. The van der Waals surface area contributed by atoms with Gasteiger partial charge in [0, 0.05) is 51.4 Å². The number of hydrogen-bond acceptors (Lipinski definition) is 8. The molecule has 4 fully saturated rings. The number of carbonyl (C=O) groups excluding carboxylic acids is 3. The largest absolute Gasteiger partial charge is 0.377 e. The van der Waals surface area contributed by atoms with Crippen molar-refractivity contribution in [3.05, 3.63) is 29.3 Å². The molecule has 1 aromatic rings. The molecule has 4 aliphatic heterocycles. The van der Waals surface area contributed by atoms with Crippen molar-refractivity contribution in [1.82, 2.24) is 25.3 Å². The van der Waals surface area contributed by atoms with Gasteiger partial charge in [0.25, 0.3) is 0 Å². The summed E-state index contributed by atoms with van der Waals surface area (Å²) in [5.74, 6) is 0.118. The Morgan fingerprint density at radius 2 is 1.79 bits per heavy atom. The molecule has 10 nitrogen and oxygen atoms in total. The predicted octanol–water partition coefficient (Wildman–Crippen LogP) is 1.75. The van der Waals surface area contributed by atoms with Crippen molar-refractivity contribution in [2.45, 2.75) is 70.6 Å². The van der Waals surface area contributed by atoms with E-state index in [-0.39, 0.29) is 18.2 Å². The summed E-state index contributed by atoms with van der Waals surface area (Å²) in [5.41, 5.74) is 3.31.